The number of hydrogen-bond donors (Lipinski definition) is 0. The second kappa shape index (κ2) is 16.8. The molecule has 0 fully saturated rings. The maximum Gasteiger partial charge on any atom is 3.00 e. The Morgan fingerprint density at radius 3 is 1.10 bits per heavy atom. The maximum atomic E-state index is 8.52. The van der Waals surface area contributed by atoms with Gasteiger partial charge >= 0.3 is 46.9 Å². The Kier molecular flexibility index (Phi) is 50.5. The standard InChI is InChI=1S/CH2O.Al.ClH.Na.H2O4S/c1-2;;;;1-5(2,3)4/h1H2;;1H;;(H2,1,2,3,4)/q;+3;;+1;/p-3. The molecule has 0 aliphatic heterocycles. The van der Waals surface area contributed by atoms with Gasteiger partial charge in [-0.25, -0.2) is 0 Å². The zero-order chi connectivity index (χ0) is 6.50. The van der Waals surface area contributed by atoms with Gasteiger partial charge in [-0.15, -0.1) is 0 Å². The van der Waals surface area contributed by atoms with Crippen molar-refractivity contribution in [2.24, 2.45) is 0 Å². The topological polar surface area (TPSA) is 97.3 Å². The summed E-state index contributed by atoms with van der Waals surface area (Å²) in [6.45, 7) is 2.00. The Morgan fingerprint density at radius 2 is 1.10 bits per heavy atom. The van der Waals surface area contributed by atoms with Gasteiger partial charge in [-0.3, -0.25) is 8.42 Å². The largest absolute Gasteiger partial charge is 3.00 e. The van der Waals surface area contributed by atoms with Crippen molar-refractivity contribution in [3.8, 4) is 0 Å². The van der Waals surface area contributed by atoms with E-state index in [9.17, 15) is 0 Å². The SMILES string of the molecule is C=O.O=S(=O)([O-])[O-].[Al+3].[Cl-].[Na+]. The molecule has 0 heterocycles. The van der Waals surface area contributed by atoms with Crippen LogP contribution < -0.4 is 42.0 Å². The van der Waals surface area contributed by atoms with E-state index in [1.165, 1.54) is 0 Å². The van der Waals surface area contributed by atoms with Crippen LogP contribution >= 0.6 is 0 Å². The van der Waals surface area contributed by atoms with E-state index in [0.29, 0.717) is 0 Å². The number of carbonyl (C=O) groups excluding carboxylic acids is 1. The molecule has 10 heavy (non-hydrogen) atoms. The third-order valence-corrected chi connectivity index (χ3v) is 0. The van der Waals surface area contributed by atoms with Gasteiger partial charge in [0, 0.05) is 10.4 Å². The fraction of sp³-hybridized carbons (Fsp3) is 0. The molecule has 0 saturated heterocycles. The van der Waals surface area contributed by atoms with E-state index >= 15 is 0 Å². The van der Waals surface area contributed by atoms with Gasteiger partial charge in [0.15, 0.2) is 0 Å². The van der Waals surface area contributed by atoms with Gasteiger partial charge in [-0.1, -0.05) is 0 Å². The molecule has 0 aromatic carbocycles. The van der Waals surface area contributed by atoms with Gasteiger partial charge in [-0.2, -0.15) is 0 Å². The van der Waals surface area contributed by atoms with E-state index in [2.05, 4.69) is 0 Å². The minimum Gasteiger partial charge on any atom is -1.00 e. The molecule has 52 valence electrons. The summed E-state index contributed by atoms with van der Waals surface area (Å²) in [7, 11) is -5.17. The number of hydrogen-bond acceptors (Lipinski definition) is 5. The summed E-state index contributed by atoms with van der Waals surface area (Å²) < 4.78 is 34.1. The summed E-state index contributed by atoms with van der Waals surface area (Å²) >= 11 is 0. The van der Waals surface area contributed by atoms with Gasteiger partial charge in [-0.05, 0) is 0 Å². The molecule has 0 aromatic heterocycles. The number of carbonyl (C=O) groups is 1. The average Bonchev–Trinajstić information content (AvgIpc) is 1.36. The van der Waals surface area contributed by atoms with E-state index in [-0.39, 0.29) is 59.3 Å². The predicted molar refractivity (Wildman–Crippen MR) is 23.3 cm³/mol. The maximum absolute atomic E-state index is 8.52. The first-order valence-electron chi connectivity index (χ1n) is 0.955. The molecule has 0 rings (SSSR count). The molecule has 0 amide bonds. The summed E-state index contributed by atoms with van der Waals surface area (Å²) in [5.74, 6) is 0. The molecule has 9 heteroatoms. The van der Waals surface area contributed by atoms with Crippen molar-refractivity contribution in [1.82, 2.24) is 0 Å². The summed E-state index contributed by atoms with van der Waals surface area (Å²) in [6.07, 6.45) is 0. The van der Waals surface area contributed by atoms with Crippen LogP contribution in [0.2, 0.25) is 0 Å². The smallest absolute Gasteiger partial charge is 1.00 e. The monoisotopic (exact) mass is 211 g/mol. The van der Waals surface area contributed by atoms with Crippen molar-refractivity contribution in [3.05, 3.63) is 0 Å². The summed E-state index contributed by atoms with van der Waals surface area (Å²) in [6, 6.07) is 0. The van der Waals surface area contributed by atoms with Crippen LogP contribution in [0, 0.1) is 0 Å². The fourth-order valence-corrected chi connectivity index (χ4v) is 0. The molecule has 0 spiro atoms. The van der Waals surface area contributed by atoms with E-state index in [0.717, 1.165) is 0 Å². The van der Waals surface area contributed by atoms with Crippen molar-refractivity contribution in [2.75, 3.05) is 0 Å². The molecule has 0 unspecified atom stereocenters. The third-order valence-electron chi connectivity index (χ3n) is 0. The van der Waals surface area contributed by atoms with Crippen LogP contribution in [0.5, 0.6) is 0 Å². The zero-order valence-corrected chi connectivity index (χ0v) is 9.84. The normalized spacial score (nSPS) is 6.20. The second-order valence-corrected chi connectivity index (χ2v) is 1.22. The minimum atomic E-state index is -5.17. The Balaban J connectivity index is -0.0000000154. The first-order valence-corrected chi connectivity index (χ1v) is 2.29. The van der Waals surface area contributed by atoms with Crippen LogP contribution in [0.25, 0.3) is 0 Å². The first-order chi connectivity index (χ1) is 3.00. The molecule has 0 N–H and O–H groups in total. The van der Waals surface area contributed by atoms with Crippen LogP contribution in [-0.4, -0.2) is 41.7 Å². The van der Waals surface area contributed by atoms with Gasteiger partial charge in [0.25, 0.3) is 0 Å². The molecule has 0 bridgehead atoms. The zero-order valence-electron chi connectivity index (χ0n) is 5.11. The Labute approximate surface area is 98.0 Å². The fourth-order valence-electron chi connectivity index (χ4n) is 0. The summed E-state index contributed by atoms with van der Waals surface area (Å²) in [5, 5.41) is 0. The average molecular weight is 212 g/mol. The van der Waals surface area contributed by atoms with Crippen LogP contribution in [0.4, 0.5) is 0 Å². The molecule has 0 aromatic rings. The van der Waals surface area contributed by atoms with E-state index in [4.69, 9.17) is 22.3 Å². The predicted octanol–water partition coefficient (Wildman–Crippen LogP) is -7.90. The first kappa shape index (κ1) is 30.1. The van der Waals surface area contributed by atoms with Crippen molar-refractivity contribution < 1.29 is 64.3 Å². The molecule has 0 radical (unpaired) electrons. The van der Waals surface area contributed by atoms with Gasteiger partial charge in [0.1, 0.15) is 6.79 Å². The molecule has 0 saturated carbocycles. The minimum absolute atomic E-state index is 0. The van der Waals surface area contributed by atoms with E-state index in [1.807, 2.05) is 6.79 Å². The van der Waals surface area contributed by atoms with Crippen molar-refractivity contribution in [2.45, 2.75) is 0 Å². The van der Waals surface area contributed by atoms with Gasteiger partial charge < -0.3 is 26.3 Å². The van der Waals surface area contributed by atoms with Crippen LogP contribution in [0.1, 0.15) is 0 Å². The number of halogens is 1. The third kappa shape index (κ3) is 353. The summed E-state index contributed by atoms with van der Waals surface area (Å²) in [5.41, 5.74) is 0. The van der Waals surface area contributed by atoms with Crippen LogP contribution in [0.15, 0.2) is 0 Å². The van der Waals surface area contributed by atoms with Crippen molar-refractivity contribution >= 4 is 34.5 Å². The molecule has 5 nitrogen and oxygen atoms in total. The second-order valence-electron chi connectivity index (χ2n) is 0.408. The van der Waals surface area contributed by atoms with Crippen LogP contribution in [-0.2, 0) is 15.2 Å². The Hall–Kier alpha value is 1.36. The van der Waals surface area contributed by atoms with E-state index in [1.54, 1.807) is 0 Å². The molecular formula is CH2AlClNaO5S+. The molecule has 0 atom stereocenters. The van der Waals surface area contributed by atoms with E-state index < -0.39 is 10.4 Å². The number of rotatable bonds is 0. The molecule has 0 aliphatic carbocycles. The van der Waals surface area contributed by atoms with Gasteiger partial charge in [0.05, 0.1) is 0 Å². The van der Waals surface area contributed by atoms with Crippen molar-refractivity contribution in [3.63, 3.8) is 0 Å². The van der Waals surface area contributed by atoms with Crippen molar-refractivity contribution in [1.29, 1.82) is 0 Å². The van der Waals surface area contributed by atoms with Crippen LogP contribution in [0.3, 0.4) is 0 Å². The Morgan fingerprint density at radius 1 is 1.10 bits per heavy atom. The molecular weight excluding hydrogens is 209 g/mol. The summed E-state index contributed by atoms with van der Waals surface area (Å²) in [4.78, 5) is 8.00. The quantitative estimate of drug-likeness (QED) is 0.225. The molecule has 0 aliphatic rings. The van der Waals surface area contributed by atoms with Gasteiger partial charge in [0.2, 0.25) is 0 Å². The Bertz CT molecular complexity index is 116.